The fraction of sp³-hybridized carbons (Fsp3) is 0.0870. The van der Waals surface area contributed by atoms with Crippen LogP contribution in [0.5, 0.6) is 0 Å². The molecular formula is C23H19N3O2S. The Labute approximate surface area is 173 Å². The molecule has 29 heavy (non-hydrogen) atoms. The maximum atomic E-state index is 13.0. The van der Waals surface area contributed by atoms with E-state index in [0.29, 0.717) is 10.9 Å². The standard InChI is InChI=1S/C23H19N3O2S/c27-21-16-20(22(28)24-17-10-4-1-5-11-17)29-23(25-18-12-6-2-7-13-18)26(21)19-14-8-3-9-15-19/h1-15,20H,16H2,(H,24,28)/t20-/m0/s1. The highest BCUT2D eigenvalue weighted by Crippen LogP contribution is 2.33. The number of aliphatic imine (C=N–C) groups is 1. The SMILES string of the molecule is O=C(Nc1ccccc1)[C@@H]1CC(=O)N(c2ccccc2)C(=Nc2ccccc2)S1. The van der Waals surface area contributed by atoms with E-state index in [0.717, 1.165) is 11.4 Å². The molecule has 2 amide bonds. The average molecular weight is 401 g/mol. The van der Waals surface area contributed by atoms with Crippen molar-refractivity contribution in [3.8, 4) is 0 Å². The quantitative estimate of drug-likeness (QED) is 0.680. The number of amides is 2. The number of amidine groups is 1. The molecule has 6 heteroatoms. The minimum absolute atomic E-state index is 0.103. The van der Waals surface area contributed by atoms with Gasteiger partial charge in [0.2, 0.25) is 11.8 Å². The van der Waals surface area contributed by atoms with Gasteiger partial charge in [0.15, 0.2) is 5.17 Å². The molecule has 0 aliphatic carbocycles. The van der Waals surface area contributed by atoms with Gasteiger partial charge in [-0.1, -0.05) is 66.4 Å². The summed E-state index contributed by atoms with van der Waals surface area (Å²) in [6.45, 7) is 0. The van der Waals surface area contributed by atoms with Crippen LogP contribution in [-0.2, 0) is 9.59 Å². The van der Waals surface area contributed by atoms with E-state index >= 15 is 0 Å². The number of anilines is 2. The molecule has 0 aromatic heterocycles. The third-order valence-corrected chi connectivity index (χ3v) is 5.53. The molecule has 3 aromatic carbocycles. The highest BCUT2D eigenvalue weighted by Gasteiger charge is 2.36. The van der Waals surface area contributed by atoms with Crippen LogP contribution in [0.3, 0.4) is 0 Å². The van der Waals surface area contributed by atoms with Gasteiger partial charge in [0, 0.05) is 12.1 Å². The lowest BCUT2D eigenvalue weighted by Gasteiger charge is -2.31. The summed E-state index contributed by atoms with van der Waals surface area (Å²) in [5, 5.41) is 2.83. The van der Waals surface area contributed by atoms with E-state index in [1.54, 1.807) is 4.90 Å². The van der Waals surface area contributed by atoms with Crippen LogP contribution in [0, 0.1) is 0 Å². The Hall–Kier alpha value is -3.38. The molecule has 1 aliphatic heterocycles. The first-order valence-corrected chi connectivity index (χ1v) is 10.1. The van der Waals surface area contributed by atoms with Crippen molar-refractivity contribution in [3.05, 3.63) is 91.0 Å². The summed E-state index contributed by atoms with van der Waals surface area (Å²) in [7, 11) is 0. The Kier molecular flexibility index (Phi) is 5.72. The molecule has 1 atom stereocenters. The number of rotatable bonds is 4. The van der Waals surface area contributed by atoms with Crippen LogP contribution in [0.15, 0.2) is 96.0 Å². The van der Waals surface area contributed by atoms with Crippen molar-refractivity contribution in [1.82, 2.24) is 0 Å². The van der Waals surface area contributed by atoms with Crippen molar-refractivity contribution in [3.63, 3.8) is 0 Å². The summed E-state index contributed by atoms with van der Waals surface area (Å²) in [4.78, 5) is 32.1. The Morgan fingerprint density at radius 3 is 2.14 bits per heavy atom. The first kappa shape index (κ1) is 19.0. The lowest BCUT2D eigenvalue weighted by atomic mass is 10.2. The summed E-state index contributed by atoms with van der Waals surface area (Å²) >= 11 is 1.30. The van der Waals surface area contributed by atoms with Crippen molar-refractivity contribution >= 4 is 45.8 Å². The average Bonchev–Trinajstić information content (AvgIpc) is 2.75. The Morgan fingerprint density at radius 1 is 0.897 bits per heavy atom. The molecule has 1 heterocycles. The first-order valence-electron chi connectivity index (χ1n) is 9.25. The molecule has 0 saturated carbocycles. The molecule has 0 bridgehead atoms. The highest BCUT2D eigenvalue weighted by atomic mass is 32.2. The lowest BCUT2D eigenvalue weighted by molar-refractivity contribution is -0.121. The minimum Gasteiger partial charge on any atom is -0.325 e. The zero-order valence-electron chi connectivity index (χ0n) is 15.6. The predicted octanol–water partition coefficient (Wildman–Crippen LogP) is 4.85. The number of para-hydroxylation sites is 3. The van der Waals surface area contributed by atoms with Crippen molar-refractivity contribution in [2.24, 2.45) is 4.99 Å². The maximum Gasteiger partial charge on any atom is 0.238 e. The molecule has 144 valence electrons. The van der Waals surface area contributed by atoms with Crippen LogP contribution in [0.25, 0.3) is 0 Å². The van der Waals surface area contributed by atoms with Gasteiger partial charge in [0.25, 0.3) is 0 Å². The van der Waals surface area contributed by atoms with Crippen LogP contribution in [0.4, 0.5) is 17.1 Å². The third kappa shape index (κ3) is 4.55. The van der Waals surface area contributed by atoms with Crippen molar-refractivity contribution in [2.45, 2.75) is 11.7 Å². The smallest absolute Gasteiger partial charge is 0.238 e. The number of carbonyl (C=O) groups excluding carboxylic acids is 2. The molecule has 5 nitrogen and oxygen atoms in total. The predicted molar refractivity (Wildman–Crippen MR) is 119 cm³/mol. The highest BCUT2D eigenvalue weighted by molar-refractivity contribution is 8.15. The Balaban J connectivity index is 1.64. The zero-order valence-corrected chi connectivity index (χ0v) is 16.4. The van der Waals surface area contributed by atoms with Gasteiger partial charge >= 0.3 is 0 Å². The first-order chi connectivity index (χ1) is 14.2. The van der Waals surface area contributed by atoms with Crippen LogP contribution < -0.4 is 10.2 Å². The van der Waals surface area contributed by atoms with E-state index in [2.05, 4.69) is 10.3 Å². The van der Waals surface area contributed by atoms with Gasteiger partial charge in [-0.05, 0) is 36.4 Å². The van der Waals surface area contributed by atoms with Gasteiger partial charge in [0.05, 0.1) is 11.4 Å². The lowest BCUT2D eigenvalue weighted by Crippen LogP contribution is -2.45. The van der Waals surface area contributed by atoms with Crippen molar-refractivity contribution in [2.75, 3.05) is 10.2 Å². The number of thioether (sulfide) groups is 1. The monoisotopic (exact) mass is 401 g/mol. The van der Waals surface area contributed by atoms with Crippen molar-refractivity contribution in [1.29, 1.82) is 0 Å². The van der Waals surface area contributed by atoms with Gasteiger partial charge in [-0.25, -0.2) is 4.99 Å². The number of nitrogens with zero attached hydrogens (tertiary/aromatic N) is 2. The van der Waals surface area contributed by atoms with Crippen LogP contribution in [0.1, 0.15) is 6.42 Å². The number of hydrogen-bond acceptors (Lipinski definition) is 4. The van der Waals surface area contributed by atoms with Gasteiger partial charge in [-0.2, -0.15) is 0 Å². The second-order valence-electron chi connectivity index (χ2n) is 6.46. The minimum atomic E-state index is -0.551. The Bertz CT molecular complexity index is 1020. The Morgan fingerprint density at radius 2 is 1.48 bits per heavy atom. The number of benzene rings is 3. The molecular weight excluding hydrogens is 382 g/mol. The van der Waals surface area contributed by atoms with Crippen LogP contribution in [0.2, 0.25) is 0 Å². The number of nitrogens with one attached hydrogen (secondary N) is 1. The number of hydrogen-bond donors (Lipinski definition) is 1. The molecule has 1 aliphatic rings. The molecule has 0 spiro atoms. The molecule has 1 N–H and O–H groups in total. The van der Waals surface area contributed by atoms with E-state index in [-0.39, 0.29) is 18.2 Å². The van der Waals surface area contributed by atoms with Crippen LogP contribution >= 0.6 is 11.8 Å². The van der Waals surface area contributed by atoms with Gasteiger partial charge in [0.1, 0.15) is 5.25 Å². The fourth-order valence-electron chi connectivity index (χ4n) is 2.99. The topological polar surface area (TPSA) is 61.8 Å². The van der Waals surface area contributed by atoms with E-state index < -0.39 is 5.25 Å². The van der Waals surface area contributed by atoms with E-state index in [9.17, 15) is 9.59 Å². The maximum absolute atomic E-state index is 13.0. The molecule has 0 radical (unpaired) electrons. The molecule has 3 aromatic rings. The van der Waals surface area contributed by atoms with Gasteiger partial charge < -0.3 is 5.32 Å². The summed E-state index contributed by atoms with van der Waals surface area (Å²) < 4.78 is 0. The van der Waals surface area contributed by atoms with Gasteiger partial charge in [-0.3, -0.25) is 14.5 Å². The molecule has 4 rings (SSSR count). The van der Waals surface area contributed by atoms with E-state index in [4.69, 9.17) is 0 Å². The van der Waals surface area contributed by atoms with E-state index in [1.165, 1.54) is 11.8 Å². The molecule has 1 saturated heterocycles. The van der Waals surface area contributed by atoms with E-state index in [1.807, 2.05) is 91.0 Å². The summed E-state index contributed by atoms with van der Waals surface area (Å²) in [6.07, 6.45) is 0.103. The number of carbonyl (C=O) groups is 2. The summed E-state index contributed by atoms with van der Waals surface area (Å²) in [5.41, 5.74) is 2.17. The molecule has 1 fully saturated rings. The summed E-state index contributed by atoms with van der Waals surface area (Å²) in [5.74, 6) is -0.360. The van der Waals surface area contributed by atoms with Gasteiger partial charge in [-0.15, -0.1) is 0 Å². The second kappa shape index (κ2) is 8.75. The zero-order chi connectivity index (χ0) is 20.1. The van der Waals surface area contributed by atoms with Crippen molar-refractivity contribution < 1.29 is 9.59 Å². The second-order valence-corrected chi connectivity index (χ2v) is 7.63. The third-order valence-electron chi connectivity index (χ3n) is 4.38. The fourth-order valence-corrected chi connectivity index (χ4v) is 4.11. The molecule has 0 unspecified atom stereocenters. The largest absolute Gasteiger partial charge is 0.325 e. The van der Waals surface area contributed by atoms with Crippen LogP contribution in [-0.4, -0.2) is 22.2 Å². The normalized spacial score (nSPS) is 17.9. The summed E-state index contributed by atoms with van der Waals surface area (Å²) in [6, 6.07) is 28.1.